The highest BCUT2D eigenvalue weighted by molar-refractivity contribution is 5.47. The van der Waals surface area contributed by atoms with Crippen LogP contribution in [-0.4, -0.2) is 5.16 Å². The van der Waals surface area contributed by atoms with Crippen molar-refractivity contribution in [3.05, 3.63) is 11.3 Å². The van der Waals surface area contributed by atoms with Gasteiger partial charge in [0.05, 0.1) is 5.69 Å². The zero-order valence-electron chi connectivity index (χ0n) is 12.0. The van der Waals surface area contributed by atoms with Crippen LogP contribution >= 0.6 is 0 Å². The normalized spacial score (nSPS) is 40.3. The van der Waals surface area contributed by atoms with E-state index in [2.05, 4.69) is 19.0 Å². The van der Waals surface area contributed by atoms with Gasteiger partial charge in [0, 0.05) is 11.0 Å². The molecule has 1 heterocycles. The van der Waals surface area contributed by atoms with Crippen LogP contribution in [0.2, 0.25) is 0 Å². The van der Waals surface area contributed by atoms with Crippen LogP contribution in [-0.2, 0) is 5.41 Å². The molecule has 4 aliphatic carbocycles. The molecule has 4 aliphatic rings. The molecule has 4 bridgehead atoms. The zero-order valence-corrected chi connectivity index (χ0v) is 12.0. The second kappa shape index (κ2) is 3.77. The number of hydrogen-bond donors (Lipinski definition) is 1. The van der Waals surface area contributed by atoms with Crippen molar-refractivity contribution >= 4 is 5.88 Å². The van der Waals surface area contributed by atoms with Crippen LogP contribution in [0.25, 0.3) is 0 Å². The van der Waals surface area contributed by atoms with Crippen LogP contribution < -0.4 is 5.73 Å². The van der Waals surface area contributed by atoms with Gasteiger partial charge in [-0.1, -0.05) is 19.0 Å². The third kappa shape index (κ3) is 1.60. The highest BCUT2D eigenvalue weighted by Crippen LogP contribution is 2.62. The average molecular weight is 260 g/mol. The maximum atomic E-state index is 6.17. The molecule has 0 aromatic carbocycles. The highest BCUT2D eigenvalue weighted by atomic mass is 16.5. The quantitative estimate of drug-likeness (QED) is 0.878. The molecular weight excluding hydrogens is 236 g/mol. The van der Waals surface area contributed by atoms with Crippen molar-refractivity contribution in [3.63, 3.8) is 0 Å². The van der Waals surface area contributed by atoms with Gasteiger partial charge >= 0.3 is 0 Å². The summed E-state index contributed by atoms with van der Waals surface area (Å²) in [5.41, 5.74) is 8.89. The van der Waals surface area contributed by atoms with E-state index in [1.165, 1.54) is 44.1 Å². The van der Waals surface area contributed by atoms with Gasteiger partial charge in [-0.2, -0.15) is 0 Å². The Bertz CT molecular complexity index is 468. The first-order valence-electron chi connectivity index (χ1n) is 7.83. The van der Waals surface area contributed by atoms with Crippen molar-refractivity contribution in [2.45, 2.75) is 63.7 Å². The largest absolute Gasteiger partial charge is 0.367 e. The topological polar surface area (TPSA) is 52.0 Å². The summed E-state index contributed by atoms with van der Waals surface area (Å²) < 4.78 is 5.37. The van der Waals surface area contributed by atoms with Gasteiger partial charge in [-0.05, 0) is 62.2 Å². The maximum Gasteiger partial charge on any atom is 0.226 e. The predicted molar refractivity (Wildman–Crippen MR) is 74.9 cm³/mol. The third-order valence-electron chi connectivity index (χ3n) is 5.86. The van der Waals surface area contributed by atoms with E-state index in [4.69, 9.17) is 10.3 Å². The van der Waals surface area contributed by atoms with Crippen LogP contribution in [0.4, 0.5) is 5.88 Å². The van der Waals surface area contributed by atoms with E-state index in [-0.39, 0.29) is 0 Å². The molecule has 5 rings (SSSR count). The molecule has 3 heteroatoms. The van der Waals surface area contributed by atoms with Gasteiger partial charge in [-0.3, -0.25) is 0 Å². The van der Waals surface area contributed by atoms with Crippen molar-refractivity contribution in [2.75, 3.05) is 5.73 Å². The van der Waals surface area contributed by atoms with Crippen molar-refractivity contribution in [1.82, 2.24) is 5.16 Å². The molecule has 0 radical (unpaired) electrons. The molecule has 0 aliphatic heterocycles. The van der Waals surface area contributed by atoms with Gasteiger partial charge in [0.1, 0.15) is 0 Å². The molecule has 0 unspecified atom stereocenters. The Hall–Kier alpha value is -0.990. The van der Waals surface area contributed by atoms with Gasteiger partial charge in [-0.25, -0.2) is 0 Å². The van der Waals surface area contributed by atoms with E-state index in [0.29, 0.717) is 17.2 Å². The molecule has 0 spiro atoms. The second-order valence-corrected chi connectivity index (χ2v) is 7.66. The second-order valence-electron chi connectivity index (χ2n) is 7.66. The van der Waals surface area contributed by atoms with Gasteiger partial charge < -0.3 is 10.3 Å². The first-order chi connectivity index (χ1) is 9.07. The summed E-state index contributed by atoms with van der Waals surface area (Å²) in [6, 6.07) is 0. The highest BCUT2D eigenvalue weighted by Gasteiger charge is 2.54. The molecule has 1 aromatic heterocycles. The van der Waals surface area contributed by atoms with Crippen LogP contribution in [0.5, 0.6) is 0 Å². The summed E-state index contributed by atoms with van der Waals surface area (Å²) in [6.07, 6.45) is 8.35. The minimum atomic E-state index is 0.304. The van der Waals surface area contributed by atoms with Crippen LogP contribution in [0.1, 0.15) is 69.5 Å². The number of hydrogen-bond acceptors (Lipinski definition) is 3. The van der Waals surface area contributed by atoms with E-state index in [0.717, 1.165) is 23.4 Å². The summed E-state index contributed by atoms with van der Waals surface area (Å²) in [5, 5.41) is 4.27. The molecule has 0 amide bonds. The lowest BCUT2D eigenvalue weighted by molar-refractivity contribution is -0.00544. The Kier molecular flexibility index (Phi) is 2.34. The summed E-state index contributed by atoms with van der Waals surface area (Å²) in [6.45, 7) is 4.39. The molecule has 104 valence electrons. The lowest BCUT2D eigenvalue weighted by atomic mass is 9.48. The van der Waals surface area contributed by atoms with Crippen LogP contribution in [0.3, 0.4) is 0 Å². The smallest absolute Gasteiger partial charge is 0.226 e. The monoisotopic (exact) mass is 260 g/mol. The predicted octanol–water partition coefficient (Wildman–Crippen LogP) is 3.85. The standard InChI is InChI=1S/C16H24N2O/c1-9(2)14-13(15(17)19-18-14)16-6-10-3-11(7-16)5-12(4-10)8-16/h9-12H,3-8,17H2,1-2H3. The number of anilines is 1. The SMILES string of the molecule is CC(C)c1noc(N)c1C12CC3CC(CC(C3)C1)C2. The first-order valence-corrected chi connectivity index (χ1v) is 7.83. The number of rotatable bonds is 2. The van der Waals surface area contributed by atoms with Crippen LogP contribution in [0, 0.1) is 17.8 Å². The van der Waals surface area contributed by atoms with Gasteiger partial charge in [0.15, 0.2) is 0 Å². The summed E-state index contributed by atoms with van der Waals surface area (Å²) in [7, 11) is 0. The Morgan fingerprint density at radius 3 is 2.11 bits per heavy atom. The molecule has 0 saturated heterocycles. The van der Waals surface area contributed by atoms with E-state index < -0.39 is 0 Å². The van der Waals surface area contributed by atoms with Crippen LogP contribution in [0.15, 0.2) is 4.52 Å². The molecule has 1 aromatic rings. The van der Waals surface area contributed by atoms with Gasteiger partial charge in [0.2, 0.25) is 5.88 Å². The van der Waals surface area contributed by atoms with Crippen molar-refractivity contribution in [1.29, 1.82) is 0 Å². The molecule has 2 N–H and O–H groups in total. The summed E-state index contributed by atoms with van der Waals surface area (Å²) in [4.78, 5) is 0. The van der Waals surface area contributed by atoms with E-state index >= 15 is 0 Å². The van der Waals surface area contributed by atoms with Crippen molar-refractivity contribution < 1.29 is 4.52 Å². The minimum Gasteiger partial charge on any atom is -0.367 e. The fourth-order valence-corrected chi connectivity index (χ4v) is 5.66. The molecule has 19 heavy (non-hydrogen) atoms. The lowest BCUT2D eigenvalue weighted by Crippen LogP contribution is -2.49. The molecule has 3 nitrogen and oxygen atoms in total. The minimum absolute atomic E-state index is 0.304. The fraction of sp³-hybridized carbons (Fsp3) is 0.812. The fourth-order valence-electron chi connectivity index (χ4n) is 5.66. The number of nitrogens with two attached hydrogens (primary N) is 1. The molecule has 0 atom stereocenters. The average Bonchev–Trinajstić information content (AvgIpc) is 2.70. The lowest BCUT2D eigenvalue weighted by Gasteiger charge is -2.56. The number of aromatic nitrogens is 1. The third-order valence-corrected chi connectivity index (χ3v) is 5.86. The molecular formula is C16H24N2O. The van der Waals surface area contributed by atoms with E-state index in [9.17, 15) is 0 Å². The van der Waals surface area contributed by atoms with Gasteiger partial charge in [-0.15, -0.1) is 0 Å². The van der Waals surface area contributed by atoms with Crippen molar-refractivity contribution in [2.24, 2.45) is 17.8 Å². The maximum absolute atomic E-state index is 6.17. The number of nitrogens with zero attached hydrogens (tertiary/aromatic N) is 1. The Labute approximate surface area is 114 Å². The molecule has 4 saturated carbocycles. The van der Waals surface area contributed by atoms with E-state index in [1.807, 2.05) is 0 Å². The summed E-state index contributed by atoms with van der Waals surface area (Å²) in [5.74, 6) is 3.80. The summed E-state index contributed by atoms with van der Waals surface area (Å²) >= 11 is 0. The zero-order chi connectivity index (χ0) is 13.2. The Balaban J connectivity index is 1.81. The number of nitrogen functional groups attached to an aromatic ring is 1. The first kappa shape index (κ1) is 11.8. The Morgan fingerprint density at radius 2 is 1.63 bits per heavy atom. The van der Waals surface area contributed by atoms with Gasteiger partial charge in [0.25, 0.3) is 0 Å². The van der Waals surface area contributed by atoms with E-state index in [1.54, 1.807) is 0 Å². The Morgan fingerprint density at radius 1 is 1.11 bits per heavy atom. The van der Waals surface area contributed by atoms with Crippen molar-refractivity contribution in [3.8, 4) is 0 Å². The molecule has 4 fully saturated rings.